The number of hydrogen-bond donors (Lipinski definition) is 1. The summed E-state index contributed by atoms with van der Waals surface area (Å²) in [5, 5.41) is 10.3. The Kier molecular flexibility index (Phi) is 4.61. The minimum absolute atomic E-state index is 0.0642. The Labute approximate surface area is 116 Å². The molecular weight excluding hydrogens is 238 g/mol. The van der Waals surface area contributed by atoms with Gasteiger partial charge in [-0.1, -0.05) is 29.8 Å². The van der Waals surface area contributed by atoms with Crippen LogP contribution in [0.25, 0.3) is 0 Å². The quantitative estimate of drug-likeness (QED) is 0.906. The monoisotopic (exact) mass is 263 g/mol. The molecule has 1 aliphatic rings. The van der Waals surface area contributed by atoms with Crippen molar-refractivity contribution in [2.75, 3.05) is 26.7 Å². The normalized spacial score (nSPS) is 26.3. The van der Waals surface area contributed by atoms with E-state index >= 15 is 0 Å². The summed E-state index contributed by atoms with van der Waals surface area (Å²) in [4.78, 5) is 2.30. The van der Waals surface area contributed by atoms with Crippen molar-refractivity contribution < 1.29 is 9.84 Å². The molecule has 0 radical (unpaired) electrons. The molecule has 19 heavy (non-hydrogen) atoms. The second-order valence-electron chi connectivity index (χ2n) is 5.92. The van der Waals surface area contributed by atoms with E-state index in [2.05, 4.69) is 18.7 Å². The van der Waals surface area contributed by atoms with Crippen LogP contribution in [0.2, 0.25) is 0 Å². The Morgan fingerprint density at radius 3 is 2.68 bits per heavy atom. The summed E-state index contributed by atoms with van der Waals surface area (Å²) in [7, 11) is 1.78. The molecule has 1 fully saturated rings. The van der Waals surface area contributed by atoms with Gasteiger partial charge >= 0.3 is 0 Å². The van der Waals surface area contributed by atoms with Crippen LogP contribution in [0.15, 0.2) is 24.3 Å². The van der Waals surface area contributed by atoms with Gasteiger partial charge in [0.15, 0.2) is 0 Å². The first kappa shape index (κ1) is 14.5. The zero-order chi connectivity index (χ0) is 13.9. The van der Waals surface area contributed by atoms with Gasteiger partial charge in [0.25, 0.3) is 0 Å². The van der Waals surface area contributed by atoms with Crippen molar-refractivity contribution in [2.45, 2.75) is 38.4 Å². The van der Waals surface area contributed by atoms with Crippen molar-refractivity contribution in [1.29, 1.82) is 0 Å². The van der Waals surface area contributed by atoms with Crippen LogP contribution in [0.3, 0.4) is 0 Å². The van der Waals surface area contributed by atoms with Gasteiger partial charge in [0.1, 0.15) is 0 Å². The molecular formula is C16H25NO2. The van der Waals surface area contributed by atoms with E-state index in [4.69, 9.17) is 4.74 Å². The van der Waals surface area contributed by atoms with Gasteiger partial charge in [0.2, 0.25) is 0 Å². The Morgan fingerprint density at radius 1 is 1.37 bits per heavy atom. The van der Waals surface area contributed by atoms with Crippen LogP contribution in [0.4, 0.5) is 0 Å². The van der Waals surface area contributed by atoms with E-state index < -0.39 is 6.10 Å². The predicted octanol–water partition coefficient (Wildman–Crippen LogP) is 2.53. The van der Waals surface area contributed by atoms with E-state index in [0.29, 0.717) is 6.54 Å². The first-order valence-corrected chi connectivity index (χ1v) is 7.04. The summed E-state index contributed by atoms with van der Waals surface area (Å²) in [6.45, 7) is 6.83. The molecule has 3 heteroatoms. The number of piperidine rings is 1. The summed E-state index contributed by atoms with van der Waals surface area (Å²) in [5.74, 6) is 0. The van der Waals surface area contributed by atoms with E-state index in [0.717, 1.165) is 31.5 Å². The Morgan fingerprint density at radius 2 is 2.05 bits per heavy atom. The largest absolute Gasteiger partial charge is 0.387 e. The van der Waals surface area contributed by atoms with Gasteiger partial charge in [0.05, 0.1) is 11.7 Å². The van der Waals surface area contributed by atoms with Crippen LogP contribution in [-0.4, -0.2) is 42.4 Å². The number of likely N-dealkylation sites (tertiary alicyclic amines) is 1. The fraction of sp³-hybridized carbons (Fsp3) is 0.625. The third-order valence-corrected chi connectivity index (χ3v) is 4.12. The lowest BCUT2D eigenvalue weighted by molar-refractivity contribution is -0.0586. The lowest BCUT2D eigenvalue weighted by Gasteiger charge is -2.40. The molecule has 106 valence electrons. The van der Waals surface area contributed by atoms with Gasteiger partial charge in [0, 0.05) is 20.2 Å². The summed E-state index contributed by atoms with van der Waals surface area (Å²) in [6, 6.07) is 8.13. The van der Waals surface area contributed by atoms with Crippen LogP contribution in [0.1, 0.15) is 37.0 Å². The van der Waals surface area contributed by atoms with Crippen LogP contribution >= 0.6 is 0 Å². The second kappa shape index (κ2) is 6.04. The number of methoxy groups -OCH3 is 1. The topological polar surface area (TPSA) is 32.7 Å². The molecule has 1 heterocycles. The molecule has 2 rings (SSSR count). The molecule has 2 atom stereocenters. The molecule has 0 amide bonds. The van der Waals surface area contributed by atoms with E-state index in [1.165, 1.54) is 5.56 Å². The summed E-state index contributed by atoms with van der Waals surface area (Å²) in [6.07, 6.45) is 1.81. The highest BCUT2D eigenvalue weighted by molar-refractivity contribution is 5.23. The zero-order valence-electron chi connectivity index (χ0n) is 12.2. The van der Waals surface area contributed by atoms with Gasteiger partial charge in [-0.05, 0) is 38.8 Å². The smallest absolute Gasteiger partial charge is 0.0916 e. The van der Waals surface area contributed by atoms with E-state index in [-0.39, 0.29) is 5.60 Å². The summed E-state index contributed by atoms with van der Waals surface area (Å²) >= 11 is 0. The number of rotatable bonds is 4. The van der Waals surface area contributed by atoms with E-state index in [1.807, 2.05) is 24.3 Å². The van der Waals surface area contributed by atoms with Crippen molar-refractivity contribution in [1.82, 2.24) is 4.90 Å². The highest BCUT2D eigenvalue weighted by atomic mass is 16.5. The maximum atomic E-state index is 10.3. The first-order valence-electron chi connectivity index (χ1n) is 7.04. The number of aliphatic hydroxyl groups excluding tert-OH is 1. The van der Waals surface area contributed by atoms with Crippen LogP contribution < -0.4 is 0 Å². The first-order chi connectivity index (χ1) is 9.02. The van der Waals surface area contributed by atoms with Gasteiger partial charge in [-0.25, -0.2) is 0 Å². The fourth-order valence-corrected chi connectivity index (χ4v) is 2.77. The maximum Gasteiger partial charge on any atom is 0.0916 e. The number of hydrogen-bond acceptors (Lipinski definition) is 3. The lowest BCUT2D eigenvalue weighted by Crippen LogP contribution is -2.48. The summed E-state index contributed by atoms with van der Waals surface area (Å²) < 4.78 is 5.59. The average Bonchev–Trinajstić information content (AvgIpc) is 2.39. The molecule has 1 N–H and O–H groups in total. The molecule has 0 spiro atoms. The number of benzene rings is 1. The van der Waals surface area contributed by atoms with Crippen LogP contribution in [0, 0.1) is 6.92 Å². The average molecular weight is 263 g/mol. The van der Waals surface area contributed by atoms with Gasteiger partial charge < -0.3 is 9.84 Å². The SMILES string of the molecule is COC1(C)CCCN(CC(O)c2ccc(C)cc2)C1. The lowest BCUT2D eigenvalue weighted by atomic mass is 9.94. The van der Waals surface area contributed by atoms with E-state index in [9.17, 15) is 5.11 Å². The fourth-order valence-electron chi connectivity index (χ4n) is 2.77. The van der Waals surface area contributed by atoms with Crippen molar-refractivity contribution in [3.63, 3.8) is 0 Å². The van der Waals surface area contributed by atoms with Crippen molar-refractivity contribution in [3.8, 4) is 0 Å². The predicted molar refractivity (Wildman–Crippen MR) is 77.2 cm³/mol. The van der Waals surface area contributed by atoms with Crippen LogP contribution in [0.5, 0.6) is 0 Å². The highest BCUT2D eigenvalue weighted by Crippen LogP contribution is 2.25. The Balaban J connectivity index is 1.95. The van der Waals surface area contributed by atoms with E-state index in [1.54, 1.807) is 7.11 Å². The number of aryl methyl sites for hydroxylation is 1. The standard InChI is InChI=1S/C16H25NO2/c1-13-5-7-14(8-6-13)15(18)11-17-10-4-9-16(2,12-17)19-3/h5-8,15,18H,4,9-12H2,1-3H3. The minimum atomic E-state index is -0.417. The van der Waals surface area contributed by atoms with Crippen molar-refractivity contribution in [2.24, 2.45) is 0 Å². The molecule has 1 aromatic rings. The minimum Gasteiger partial charge on any atom is -0.387 e. The van der Waals surface area contributed by atoms with Gasteiger partial charge in [-0.2, -0.15) is 0 Å². The molecule has 1 aromatic carbocycles. The molecule has 2 unspecified atom stereocenters. The molecule has 1 saturated heterocycles. The molecule has 0 saturated carbocycles. The highest BCUT2D eigenvalue weighted by Gasteiger charge is 2.31. The zero-order valence-corrected chi connectivity index (χ0v) is 12.2. The number of aliphatic hydroxyl groups is 1. The van der Waals surface area contributed by atoms with Crippen molar-refractivity contribution in [3.05, 3.63) is 35.4 Å². The van der Waals surface area contributed by atoms with Crippen molar-refractivity contribution >= 4 is 0 Å². The molecule has 0 aliphatic carbocycles. The molecule has 3 nitrogen and oxygen atoms in total. The third kappa shape index (κ3) is 3.78. The number of β-amino-alcohol motifs (C(OH)–C–C–N with tert-alkyl or cyclic N) is 1. The second-order valence-corrected chi connectivity index (χ2v) is 5.92. The van der Waals surface area contributed by atoms with Gasteiger partial charge in [-0.15, -0.1) is 0 Å². The van der Waals surface area contributed by atoms with Gasteiger partial charge in [-0.3, -0.25) is 4.90 Å². The molecule has 0 bridgehead atoms. The summed E-state index contributed by atoms with van der Waals surface area (Å²) in [5.41, 5.74) is 2.15. The third-order valence-electron chi connectivity index (χ3n) is 4.12. The Hall–Kier alpha value is -0.900. The number of nitrogens with zero attached hydrogens (tertiary/aromatic N) is 1. The van der Waals surface area contributed by atoms with Crippen LogP contribution in [-0.2, 0) is 4.74 Å². The number of ether oxygens (including phenoxy) is 1. The maximum absolute atomic E-state index is 10.3. The Bertz CT molecular complexity index is 404. The molecule has 1 aliphatic heterocycles. The molecule has 0 aromatic heterocycles.